The van der Waals surface area contributed by atoms with Crippen LogP contribution < -0.4 is 10.6 Å². The van der Waals surface area contributed by atoms with Crippen LogP contribution in [-0.2, 0) is 6.54 Å². The van der Waals surface area contributed by atoms with Crippen LogP contribution in [0.3, 0.4) is 0 Å². The van der Waals surface area contributed by atoms with Crippen molar-refractivity contribution in [3.8, 4) is 0 Å². The summed E-state index contributed by atoms with van der Waals surface area (Å²) in [4.78, 5) is 2.46. The summed E-state index contributed by atoms with van der Waals surface area (Å²) in [7, 11) is 0. The predicted molar refractivity (Wildman–Crippen MR) is 79.8 cm³/mol. The van der Waals surface area contributed by atoms with Crippen LogP contribution >= 0.6 is 0 Å². The van der Waals surface area contributed by atoms with E-state index in [1.807, 2.05) is 0 Å². The number of aryl methyl sites for hydroxylation is 1. The molecule has 2 heteroatoms. The second-order valence-electron chi connectivity index (χ2n) is 5.73. The maximum atomic E-state index is 5.82. The van der Waals surface area contributed by atoms with Gasteiger partial charge in [-0.25, -0.2) is 0 Å². The van der Waals surface area contributed by atoms with Crippen LogP contribution in [0.15, 0.2) is 18.2 Å². The van der Waals surface area contributed by atoms with E-state index in [1.54, 1.807) is 0 Å². The van der Waals surface area contributed by atoms with E-state index in [0.717, 1.165) is 6.54 Å². The molecule has 18 heavy (non-hydrogen) atoms. The third-order valence-corrected chi connectivity index (χ3v) is 3.97. The van der Waals surface area contributed by atoms with E-state index in [9.17, 15) is 0 Å². The smallest absolute Gasteiger partial charge is 0.0534 e. The highest BCUT2D eigenvalue weighted by Gasteiger charge is 2.30. The maximum Gasteiger partial charge on any atom is 0.0534 e. The molecule has 1 heterocycles. The summed E-state index contributed by atoms with van der Waals surface area (Å²) in [6, 6.07) is 4.55. The lowest BCUT2D eigenvalue weighted by molar-refractivity contribution is 0.566. The van der Waals surface area contributed by atoms with E-state index >= 15 is 0 Å². The minimum absolute atomic E-state index is 0.0858. The van der Waals surface area contributed by atoms with Crippen LogP contribution in [-0.4, -0.2) is 12.1 Å². The quantitative estimate of drug-likeness (QED) is 0.863. The molecule has 0 saturated carbocycles. The molecular formula is C16H24N2. The highest BCUT2D eigenvalue weighted by atomic mass is 15.2. The topological polar surface area (TPSA) is 29.3 Å². The lowest BCUT2D eigenvalue weighted by Gasteiger charge is -2.43. The number of fused-ring (bicyclic) bond motifs is 1. The summed E-state index contributed by atoms with van der Waals surface area (Å²) in [5, 5.41) is 0. The van der Waals surface area contributed by atoms with Crippen molar-refractivity contribution in [2.45, 2.75) is 46.7 Å². The number of hydrogen-bond donors (Lipinski definition) is 1. The van der Waals surface area contributed by atoms with Crippen LogP contribution in [0.5, 0.6) is 0 Å². The zero-order valence-corrected chi connectivity index (χ0v) is 12.2. The van der Waals surface area contributed by atoms with Gasteiger partial charge in [-0.05, 0) is 63.5 Å². The molecular weight excluding hydrogens is 220 g/mol. The molecule has 98 valence electrons. The van der Waals surface area contributed by atoms with Crippen molar-refractivity contribution < 1.29 is 0 Å². The molecule has 2 N–H and O–H groups in total. The maximum absolute atomic E-state index is 5.82. The minimum Gasteiger partial charge on any atom is -0.363 e. The fourth-order valence-electron chi connectivity index (χ4n) is 3.07. The van der Waals surface area contributed by atoms with Crippen LogP contribution in [0.2, 0.25) is 0 Å². The standard InChI is InChI=1S/C16H24N2/c1-6-18-15-7-11(2)13(10-17)8-14(15)12(3)9-16(18,4)5/h7-9H,6,10,17H2,1-5H3. The molecule has 1 aromatic carbocycles. The van der Waals surface area contributed by atoms with Gasteiger partial charge in [0.1, 0.15) is 0 Å². The molecule has 0 bridgehead atoms. The fourth-order valence-corrected chi connectivity index (χ4v) is 3.07. The number of hydrogen-bond acceptors (Lipinski definition) is 2. The molecule has 0 atom stereocenters. The van der Waals surface area contributed by atoms with Gasteiger partial charge in [0.05, 0.1) is 5.54 Å². The summed E-state index contributed by atoms with van der Waals surface area (Å²) in [6.45, 7) is 12.7. The van der Waals surface area contributed by atoms with Crippen molar-refractivity contribution in [1.82, 2.24) is 0 Å². The van der Waals surface area contributed by atoms with Gasteiger partial charge in [0.2, 0.25) is 0 Å². The second-order valence-corrected chi connectivity index (χ2v) is 5.73. The highest BCUT2D eigenvalue weighted by Crippen LogP contribution is 2.39. The largest absolute Gasteiger partial charge is 0.363 e. The van der Waals surface area contributed by atoms with Gasteiger partial charge in [0.25, 0.3) is 0 Å². The van der Waals surface area contributed by atoms with E-state index in [1.165, 1.54) is 28.0 Å². The highest BCUT2D eigenvalue weighted by molar-refractivity contribution is 5.82. The van der Waals surface area contributed by atoms with Crippen molar-refractivity contribution in [2.75, 3.05) is 11.4 Å². The van der Waals surface area contributed by atoms with E-state index in [0.29, 0.717) is 6.54 Å². The van der Waals surface area contributed by atoms with Crippen LogP contribution in [0.4, 0.5) is 5.69 Å². The molecule has 1 aliphatic rings. The molecule has 0 aliphatic carbocycles. The summed E-state index contributed by atoms with van der Waals surface area (Å²) >= 11 is 0. The van der Waals surface area contributed by atoms with E-state index < -0.39 is 0 Å². The first-order chi connectivity index (χ1) is 8.40. The normalized spacial score (nSPS) is 17.4. The summed E-state index contributed by atoms with van der Waals surface area (Å²) in [6.07, 6.45) is 2.36. The lowest BCUT2D eigenvalue weighted by atomic mass is 9.87. The average Bonchev–Trinajstić information content (AvgIpc) is 2.27. The van der Waals surface area contributed by atoms with Crippen molar-refractivity contribution in [2.24, 2.45) is 5.73 Å². The predicted octanol–water partition coefficient (Wildman–Crippen LogP) is 3.48. The molecule has 0 amide bonds. The van der Waals surface area contributed by atoms with Crippen molar-refractivity contribution in [3.05, 3.63) is 34.9 Å². The van der Waals surface area contributed by atoms with Crippen molar-refractivity contribution >= 4 is 11.3 Å². The second kappa shape index (κ2) is 4.43. The van der Waals surface area contributed by atoms with Gasteiger partial charge in [-0.15, -0.1) is 0 Å². The van der Waals surface area contributed by atoms with E-state index in [4.69, 9.17) is 5.73 Å². The Balaban J connectivity index is 2.66. The molecule has 1 aromatic rings. The third kappa shape index (κ3) is 1.95. The number of allylic oxidation sites excluding steroid dienone is 1. The van der Waals surface area contributed by atoms with Crippen LogP contribution in [0.25, 0.3) is 5.57 Å². The van der Waals surface area contributed by atoms with Gasteiger partial charge >= 0.3 is 0 Å². The Labute approximate surface area is 110 Å². The zero-order valence-electron chi connectivity index (χ0n) is 12.2. The van der Waals surface area contributed by atoms with Crippen molar-refractivity contribution in [3.63, 3.8) is 0 Å². The number of nitrogens with two attached hydrogens (primary N) is 1. The Hall–Kier alpha value is -1.28. The molecule has 0 radical (unpaired) electrons. The SMILES string of the molecule is CCN1c2cc(C)c(CN)cc2C(C)=CC1(C)C. The van der Waals surface area contributed by atoms with Gasteiger partial charge in [-0.3, -0.25) is 0 Å². The van der Waals surface area contributed by atoms with Gasteiger partial charge in [-0.2, -0.15) is 0 Å². The van der Waals surface area contributed by atoms with Crippen molar-refractivity contribution in [1.29, 1.82) is 0 Å². The Bertz CT molecular complexity index is 498. The Morgan fingerprint density at radius 2 is 1.89 bits per heavy atom. The molecule has 2 rings (SSSR count). The van der Waals surface area contributed by atoms with E-state index in [2.05, 4.69) is 57.7 Å². The summed E-state index contributed by atoms with van der Waals surface area (Å²) < 4.78 is 0. The number of rotatable bonds is 2. The lowest BCUT2D eigenvalue weighted by Crippen LogP contribution is -2.45. The van der Waals surface area contributed by atoms with Crippen LogP contribution in [0, 0.1) is 6.92 Å². The molecule has 0 fully saturated rings. The van der Waals surface area contributed by atoms with Crippen LogP contribution in [0.1, 0.15) is 44.4 Å². The number of likely N-dealkylation sites (N-methyl/N-ethyl adjacent to an activating group) is 1. The van der Waals surface area contributed by atoms with Gasteiger partial charge in [-0.1, -0.05) is 6.08 Å². The molecule has 0 saturated heterocycles. The molecule has 2 nitrogen and oxygen atoms in total. The molecule has 0 aromatic heterocycles. The van der Waals surface area contributed by atoms with Gasteiger partial charge < -0.3 is 10.6 Å². The average molecular weight is 244 g/mol. The number of anilines is 1. The first-order valence-corrected chi connectivity index (χ1v) is 6.71. The first kappa shape index (κ1) is 13.2. The summed E-state index contributed by atoms with van der Waals surface area (Å²) in [5.74, 6) is 0. The first-order valence-electron chi connectivity index (χ1n) is 6.71. The Morgan fingerprint density at radius 3 is 2.44 bits per heavy atom. The molecule has 0 spiro atoms. The number of benzene rings is 1. The Morgan fingerprint density at radius 1 is 1.22 bits per heavy atom. The Kier molecular flexibility index (Phi) is 3.24. The van der Waals surface area contributed by atoms with Gasteiger partial charge in [0.15, 0.2) is 0 Å². The van der Waals surface area contributed by atoms with Gasteiger partial charge in [0, 0.05) is 24.3 Å². The zero-order chi connectivity index (χ0) is 13.5. The fraction of sp³-hybridized carbons (Fsp3) is 0.500. The summed E-state index contributed by atoms with van der Waals surface area (Å²) in [5.41, 5.74) is 12.5. The number of nitrogens with zero attached hydrogens (tertiary/aromatic N) is 1. The molecule has 0 unspecified atom stereocenters. The molecule has 1 aliphatic heterocycles. The third-order valence-electron chi connectivity index (χ3n) is 3.97. The minimum atomic E-state index is 0.0858. The monoisotopic (exact) mass is 244 g/mol. The van der Waals surface area contributed by atoms with E-state index in [-0.39, 0.29) is 5.54 Å².